The van der Waals surface area contributed by atoms with Gasteiger partial charge in [0.1, 0.15) is 17.8 Å². The lowest BCUT2D eigenvalue weighted by atomic mass is 10.1. The van der Waals surface area contributed by atoms with Gasteiger partial charge < -0.3 is 4.98 Å². The summed E-state index contributed by atoms with van der Waals surface area (Å²) in [4.78, 5) is 22.0. The molecule has 1 aromatic carbocycles. The van der Waals surface area contributed by atoms with Crippen LogP contribution >= 0.6 is 0 Å². The summed E-state index contributed by atoms with van der Waals surface area (Å²) in [5, 5.41) is 0.539. The van der Waals surface area contributed by atoms with Crippen molar-refractivity contribution in [2.24, 2.45) is 0 Å². The number of hydrogen-bond acceptors (Lipinski definition) is 3. The first kappa shape index (κ1) is 10.6. The van der Waals surface area contributed by atoms with Crippen LogP contribution in [0.1, 0.15) is 10.4 Å². The number of hydrogen-bond donors (Lipinski definition) is 1. The number of aromatic amines is 1. The van der Waals surface area contributed by atoms with Gasteiger partial charge in [-0.15, -0.1) is 0 Å². The van der Waals surface area contributed by atoms with Crippen LogP contribution in [0.2, 0.25) is 0 Å². The van der Waals surface area contributed by atoms with Gasteiger partial charge in [-0.25, -0.2) is 14.4 Å². The fourth-order valence-electron chi connectivity index (χ4n) is 1.94. The molecule has 0 spiro atoms. The van der Waals surface area contributed by atoms with E-state index >= 15 is 0 Å². The molecule has 4 nitrogen and oxygen atoms in total. The third-order valence-corrected chi connectivity index (χ3v) is 2.76. The van der Waals surface area contributed by atoms with Crippen molar-refractivity contribution in [2.45, 2.75) is 0 Å². The SMILES string of the molecule is O=Cc1c[nH]c2ncnc(-c3ccccc3F)c12. The molecule has 3 aromatic rings. The van der Waals surface area contributed by atoms with Crippen molar-refractivity contribution in [1.82, 2.24) is 15.0 Å². The van der Waals surface area contributed by atoms with Gasteiger partial charge >= 0.3 is 0 Å². The van der Waals surface area contributed by atoms with E-state index in [1.165, 1.54) is 18.6 Å². The lowest BCUT2D eigenvalue weighted by Gasteiger charge is -2.03. The predicted molar refractivity (Wildman–Crippen MR) is 64.7 cm³/mol. The fourth-order valence-corrected chi connectivity index (χ4v) is 1.94. The summed E-state index contributed by atoms with van der Waals surface area (Å²) in [5.41, 5.74) is 1.71. The number of fused-ring (bicyclic) bond motifs is 1. The molecule has 88 valence electrons. The minimum absolute atomic E-state index is 0.354. The fraction of sp³-hybridized carbons (Fsp3) is 0. The highest BCUT2D eigenvalue weighted by molar-refractivity contribution is 6.03. The molecule has 1 N–H and O–H groups in total. The number of nitrogens with one attached hydrogen (secondary N) is 1. The van der Waals surface area contributed by atoms with Gasteiger partial charge in [0.25, 0.3) is 0 Å². The third kappa shape index (κ3) is 1.48. The first-order valence-electron chi connectivity index (χ1n) is 5.33. The van der Waals surface area contributed by atoms with Gasteiger partial charge in [0.2, 0.25) is 0 Å². The Labute approximate surface area is 102 Å². The summed E-state index contributed by atoms with van der Waals surface area (Å²) in [7, 11) is 0. The largest absolute Gasteiger partial charge is 0.345 e. The second-order valence-corrected chi connectivity index (χ2v) is 3.79. The molecule has 0 unspecified atom stereocenters. The second kappa shape index (κ2) is 4.03. The Kier molecular flexibility index (Phi) is 2.37. The number of H-pyrrole nitrogens is 1. The number of nitrogens with zero attached hydrogens (tertiary/aromatic N) is 2. The molecule has 3 rings (SSSR count). The monoisotopic (exact) mass is 241 g/mol. The van der Waals surface area contributed by atoms with Gasteiger partial charge in [0, 0.05) is 17.3 Å². The minimum Gasteiger partial charge on any atom is -0.345 e. The molecule has 5 heteroatoms. The van der Waals surface area contributed by atoms with Crippen molar-refractivity contribution >= 4 is 17.3 Å². The van der Waals surface area contributed by atoms with Crippen LogP contribution in [0.3, 0.4) is 0 Å². The van der Waals surface area contributed by atoms with E-state index in [1.54, 1.807) is 18.2 Å². The smallest absolute Gasteiger partial charge is 0.152 e. The summed E-state index contributed by atoms with van der Waals surface area (Å²) < 4.78 is 13.8. The number of benzene rings is 1. The molecular weight excluding hydrogens is 233 g/mol. The highest BCUT2D eigenvalue weighted by Crippen LogP contribution is 2.28. The van der Waals surface area contributed by atoms with Crippen LogP contribution in [-0.4, -0.2) is 21.2 Å². The predicted octanol–water partition coefficient (Wildman–Crippen LogP) is 2.58. The number of aldehydes is 1. The average Bonchev–Trinajstić information content (AvgIpc) is 2.82. The molecule has 0 aliphatic carbocycles. The molecule has 0 amide bonds. The van der Waals surface area contributed by atoms with E-state index in [2.05, 4.69) is 15.0 Å². The van der Waals surface area contributed by atoms with Crippen LogP contribution in [0.4, 0.5) is 4.39 Å². The first-order chi connectivity index (χ1) is 8.81. The molecule has 0 saturated carbocycles. The van der Waals surface area contributed by atoms with Crippen LogP contribution < -0.4 is 0 Å². The second-order valence-electron chi connectivity index (χ2n) is 3.79. The molecule has 0 aliphatic rings. The normalized spacial score (nSPS) is 10.7. The minimum atomic E-state index is -0.379. The first-order valence-corrected chi connectivity index (χ1v) is 5.33. The molecule has 0 atom stereocenters. The average molecular weight is 241 g/mol. The molecule has 2 aromatic heterocycles. The van der Waals surface area contributed by atoms with Crippen molar-refractivity contribution < 1.29 is 9.18 Å². The van der Waals surface area contributed by atoms with E-state index in [1.807, 2.05) is 0 Å². The van der Waals surface area contributed by atoms with E-state index in [0.29, 0.717) is 34.1 Å². The number of halogens is 1. The highest BCUT2D eigenvalue weighted by atomic mass is 19.1. The molecule has 0 aliphatic heterocycles. The van der Waals surface area contributed by atoms with Gasteiger partial charge in [-0.2, -0.15) is 0 Å². The van der Waals surface area contributed by atoms with E-state index in [-0.39, 0.29) is 5.82 Å². The summed E-state index contributed by atoms with van der Waals surface area (Å²) >= 11 is 0. The van der Waals surface area contributed by atoms with Crippen molar-refractivity contribution in [3.63, 3.8) is 0 Å². The van der Waals surface area contributed by atoms with Crippen molar-refractivity contribution in [3.05, 3.63) is 48.2 Å². The topological polar surface area (TPSA) is 58.6 Å². The number of carbonyl (C=O) groups excluding carboxylic acids is 1. The van der Waals surface area contributed by atoms with E-state index in [0.717, 1.165) is 0 Å². The lowest BCUT2D eigenvalue weighted by Crippen LogP contribution is -1.91. The Balaban J connectivity index is 2.39. The molecule has 0 saturated heterocycles. The van der Waals surface area contributed by atoms with Crippen molar-refractivity contribution in [2.75, 3.05) is 0 Å². The Morgan fingerprint density at radius 3 is 2.83 bits per heavy atom. The van der Waals surface area contributed by atoms with Crippen molar-refractivity contribution in [1.29, 1.82) is 0 Å². The zero-order chi connectivity index (χ0) is 12.5. The summed E-state index contributed by atoms with van der Waals surface area (Å²) in [6.07, 6.45) is 3.58. The van der Waals surface area contributed by atoms with E-state index < -0.39 is 0 Å². The Hall–Kier alpha value is -2.56. The van der Waals surface area contributed by atoms with Crippen LogP contribution in [0, 0.1) is 5.82 Å². The van der Waals surface area contributed by atoms with Crippen molar-refractivity contribution in [3.8, 4) is 11.3 Å². The lowest BCUT2D eigenvalue weighted by molar-refractivity contribution is 0.112. The molecule has 0 fully saturated rings. The zero-order valence-corrected chi connectivity index (χ0v) is 9.22. The molecule has 0 radical (unpaired) electrons. The van der Waals surface area contributed by atoms with E-state index in [9.17, 15) is 9.18 Å². The Morgan fingerprint density at radius 1 is 1.22 bits per heavy atom. The maximum absolute atomic E-state index is 13.8. The van der Waals surface area contributed by atoms with Crippen LogP contribution in [0.25, 0.3) is 22.3 Å². The number of rotatable bonds is 2. The quantitative estimate of drug-likeness (QED) is 0.701. The zero-order valence-electron chi connectivity index (χ0n) is 9.22. The van der Waals surface area contributed by atoms with Gasteiger partial charge in [0.05, 0.1) is 11.1 Å². The molecule has 18 heavy (non-hydrogen) atoms. The third-order valence-electron chi connectivity index (χ3n) is 2.76. The number of aromatic nitrogens is 3. The van der Waals surface area contributed by atoms with Crippen LogP contribution in [0.5, 0.6) is 0 Å². The molecule has 0 bridgehead atoms. The van der Waals surface area contributed by atoms with Gasteiger partial charge in [-0.1, -0.05) is 12.1 Å². The summed E-state index contributed by atoms with van der Waals surface area (Å²) in [6, 6.07) is 6.31. The standard InChI is InChI=1S/C13H8FN3O/c14-10-4-2-1-3-9(10)12-11-8(6-18)5-15-13(11)17-7-16-12/h1-7H,(H,15,16,17). The Bertz CT molecular complexity index is 736. The highest BCUT2D eigenvalue weighted by Gasteiger charge is 2.14. The summed E-state index contributed by atoms with van der Waals surface area (Å²) in [6.45, 7) is 0. The van der Waals surface area contributed by atoms with Crippen LogP contribution in [-0.2, 0) is 0 Å². The number of carbonyl (C=O) groups is 1. The molecule has 2 heterocycles. The van der Waals surface area contributed by atoms with Crippen LogP contribution in [0.15, 0.2) is 36.8 Å². The van der Waals surface area contributed by atoms with Gasteiger partial charge in [-0.05, 0) is 12.1 Å². The Morgan fingerprint density at radius 2 is 2.06 bits per heavy atom. The maximum atomic E-state index is 13.8. The molecular formula is C13H8FN3O. The van der Waals surface area contributed by atoms with E-state index in [4.69, 9.17) is 0 Å². The maximum Gasteiger partial charge on any atom is 0.152 e. The van der Waals surface area contributed by atoms with Gasteiger partial charge in [0.15, 0.2) is 6.29 Å². The summed E-state index contributed by atoms with van der Waals surface area (Å²) in [5.74, 6) is -0.379. The van der Waals surface area contributed by atoms with Gasteiger partial charge in [-0.3, -0.25) is 4.79 Å².